The van der Waals surface area contributed by atoms with E-state index in [1.54, 1.807) is 0 Å². The minimum atomic E-state index is -1.83. The fourth-order valence-electron chi connectivity index (χ4n) is 0. The van der Waals surface area contributed by atoms with Crippen LogP contribution in [0.3, 0.4) is 0 Å². The standard InChI is InChI=1S/CH2O3.3H2O.Y/c2-1(3)4;;;;/h(H2,2,3,4);3*1H2;. The number of carboxylic acid groups (broad SMARTS) is 2. The second-order valence-electron chi connectivity index (χ2n) is 0.283. The molecule has 0 saturated carbocycles. The topological polar surface area (TPSA) is 152 Å². The van der Waals surface area contributed by atoms with Crippen molar-refractivity contribution in [2.24, 2.45) is 0 Å². The van der Waals surface area contributed by atoms with Gasteiger partial charge in [0.15, 0.2) is 0 Å². The summed E-state index contributed by atoms with van der Waals surface area (Å²) in [6.07, 6.45) is -1.83. The van der Waals surface area contributed by atoms with Crippen molar-refractivity contribution in [2.45, 2.75) is 0 Å². The Morgan fingerprint density at radius 3 is 1.00 bits per heavy atom. The normalized spacial score (nSPS) is 3.00. The maximum absolute atomic E-state index is 8.56. The van der Waals surface area contributed by atoms with Crippen molar-refractivity contribution in [3.05, 3.63) is 0 Å². The molecule has 0 aromatic carbocycles. The second kappa shape index (κ2) is 26.8. The van der Waals surface area contributed by atoms with Crippen LogP contribution in [0, 0.1) is 0 Å². The van der Waals surface area contributed by atoms with E-state index in [2.05, 4.69) is 0 Å². The Hall–Kier alpha value is 0.254. The zero-order valence-electron chi connectivity index (χ0n) is 3.88. The van der Waals surface area contributed by atoms with Gasteiger partial charge in [-0.05, 0) is 0 Å². The van der Waals surface area contributed by atoms with Crippen molar-refractivity contribution in [3.63, 3.8) is 0 Å². The molecule has 0 aliphatic rings. The van der Waals surface area contributed by atoms with Crippen molar-refractivity contribution in [3.8, 4) is 0 Å². The Morgan fingerprint density at radius 1 is 1.00 bits per heavy atom. The monoisotopic (exact) mass is 205 g/mol. The van der Waals surface area contributed by atoms with E-state index in [0.29, 0.717) is 0 Å². The average molecular weight is 205 g/mol. The van der Waals surface area contributed by atoms with Crippen LogP contribution in [-0.4, -0.2) is 32.8 Å². The number of rotatable bonds is 0. The van der Waals surface area contributed by atoms with Crippen molar-refractivity contribution in [1.82, 2.24) is 0 Å². The van der Waals surface area contributed by atoms with Crippen LogP contribution in [0.5, 0.6) is 0 Å². The molecule has 0 rings (SSSR count). The van der Waals surface area contributed by atoms with E-state index in [4.69, 9.17) is 15.0 Å². The predicted octanol–water partition coefficient (Wildman–Crippen LogP) is -2.25. The summed E-state index contributed by atoms with van der Waals surface area (Å²) in [4.78, 5) is 8.56. The van der Waals surface area contributed by atoms with Crippen LogP contribution in [0.4, 0.5) is 4.79 Å². The molecule has 0 bridgehead atoms. The van der Waals surface area contributed by atoms with Crippen molar-refractivity contribution < 1.29 is 64.1 Å². The summed E-state index contributed by atoms with van der Waals surface area (Å²) in [5, 5.41) is 13.9. The van der Waals surface area contributed by atoms with Gasteiger partial charge in [-0.25, -0.2) is 4.79 Å². The molecule has 51 valence electrons. The summed E-state index contributed by atoms with van der Waals surface area (Å²) < 4.78 is 0. The molecule has 0 heterocycles. The van der Waals surface area contributed by atoms with Crippen LogP contribution >= 0.6 is 0 Å². The molecular formula is CH8O6Y. The van der Waals surface area contributed by atoms with Crippen LogP contribution in [0.25, 0.3) is 0 Å². The summed E-state index contributed by atoms with van der Waals surface area (Å²) in [6, 6.07) is 0. The van der Waals surface area contributed by atoms with Crippen LogP contribution in [-0.2, 0) is 32.7 Å². The van der Waals surface area contributed by atoms with Gasteiger partial charge in [0.25, 0.3) is 0 Å². The van der Waals surface area contributed by atoms with Gasteiger partial charge in [-0.1, -0.05) is 0 Å². The molecule has 0 atom stereocenters. The zero-order valence-corrected chi connectivity index (χ0v) is 6.72. The summed E-state index contributed by atoms with van der Waals surface area (Å²) in [6.45, 7) is 0. The fourth-order valence-corrected chi connectivity index (χ4v) is 0. The van der Waals surface area contributed by atoms with Gasteiger partial charge in [0, 0.05) is 32.7 Å². The summed E-state index contributed by atoms with van der Waals surface area (Å²) in [5.74, 6) is 0. The van der Waals surface area contributed by atoms with Gasteiger partial charge >= 0.3 is 6.16 Å². The van der Waals surface area contributed by atoms with Crippen molar-refractivity contribution >= 4 is 6.16 Å². The summed E-state index contributed by atoms with van der Waals surface area (Å²) >= 11 is 0. The number of hydrogen-bond donors (Lipinski definition) is 2. The molecule has 0 aromatic rings. The van der Waals surface area contributed by atoms with Gasteiger partial charge in [0.05, 0.1) is 0 Å². The first-order valence-electron chi connectivity index (χ1n) is 0.651. The Labute approximate surface area is 70.3 Å². The minimum absolute atomic E-state index is 0. The Balaban J connectivity index is -0.00000000750. The average Bonchev–Trinajstić information content (AvgIpc) is 0.811. The van der Waals surface area contributed by atoms with E-state index in [1.807, 2.05) is 0 Å². The zero-order chi connectivity index (χ0) is 3.58. The molecule has 0 aromatic heterocycles. The molecule has 0 spiro atoms. The molecule has 8 heavy (non-hydrogen) atoms. The van der Waals surface area contributed by atoms with Gasteiger partial charge in [-0.3, -0.25) is 0 Å². The first-order chi connectivity index (χ1) is 1.73. The predicted molar refractivity (Wildman–Crippen MR) is 21.5 cm³/mol. The molecule has 1 radical (unpaired) electrons. The SMILES string of the molecule is O.O.O.O=C(O)O.[Y]. The largest absolute Gasteiger partial charge is 0.503 e. The van der Waals surface area contributed by atoms with E-state index in [1.165, 1.54) is 0 Å². The molecule has 0 fully saturated rings. The number of hydrogen-bond acceptors (Lipinski definition) is 1. The molecule has 0 saturated heterocycles. The third-order valence-electron chi connectivity index (χ3n) is 0. The van der Waals surface area contributed by atoms with Crippen LogP contribution in [0.2, 0.25) is 0 Å². The smallest absolute Gasteiger partial charge is 0.450 e. The third-order valence-corrected chi connectivity index (χ3v) is 0. The molecule has 7 heteroatoms. The molecule has 8 N–H and O–H groups in total. The van der Waals surface area contributed by atoms with E-state index in [0.717, 1.165) is 0 Å². The van der Waals surface area contributed by atoms with Crippen LogP contribution in [0.15, 0.2) is 0 Å². The molecule has 0 aliphatic carbocycles. The molecule has 6 nitrogen and oxygen atoms in total. The van der Waals surface area contributed by atoms with Crippen molar-refractivity contribution in [2.75, 3.05) is 0 Å². The minimum Gasteiger partial charge on any atom is -0.450 e. The molecule has 0 aliphatic heterocycles. The van der Waals surface area contributed by atoms with E-state index >= 15 is 0 Å². The first kappa shape index (κ1) is 41.0. The van der Waals surface area contributed by atoms with E-state index in [-0.39, 0.29) is 49.1 Å². The molecular weight excluding hydrogens is 197 g/mol. The molecule has 0 unspecified atom stereocenters. The van der Waals surface area contributed by atoms with Crippen molar-refractivity contribution in [1.29, 1.82) is 0 Å². The van der Waals surface area contributed by atoms with Gasteiger partial charge in [-0.15, -0.1) is 0 Å². The van der Waals surface area contributed by atoms with Crippen LogP contribution in [0.1, 0.15) is 0 Å². The quantitative estimate of drug-likeness (QED) is 0.458. The maximum Gasteiger partial charge on any atom is 0.503 e. The summed E-state index contributed by atoms with van der Waals surface area (Å²) in [7, 11) is 0. The van der Waals surface area contributed by atoms with Gasteiger partial charge in [-0.2, -0.15) is 0 Å². The van der Waals surface area contributed by atoms with Gasteiger partial charge < -0.3 is 26.6 Å². The Morgan fingerprint density at radius 2 is 1.00 bits per heavy atom. The fraction of sp³-hybridized carbons (Fsp3) is 0. The second-order valence-corrected chi connectivity index (χ2v) is 0.283. The molecule has 0 amide bonds. The maximum atomic E-state index is 8.56. The van der Waals surface area contributed by atoms with Gasteiger partial charge in [0.1, 0.15) is 0 Å². The third kappa shape index (κ3) is 2680. The Bertz CT molecular complexity index is 31.5. The van der Waals surface area contributed by atoms with Crippen LogP contribution < -0.4 is 0 Å². The first-order valence-corrected chi connectivity index (χ1v) is 0.651. The summed E-state index contributed by atoms with van der Waals surface area (Å²) in [5.41, 5.74) is 0. The van der Waals surface area contributed by atoms with E-state index < -0.39 is 6.16 Å². The number of carbonyl (C=O) groups is 1. The van der Waals surface area contributed by atoms with E-state index in [9.17, 15) is 0 Å². The Kier molecular flexibility index (Phi) is 137. The van der Waals surface area contributed by atoms with Gasteiger partial charge in [0.2, 0.25) is 0 Å².